The van der Waals surface area contributed by atoms with Crippen LogP contribution in [0.5, 0.6) is 5.88 Å². The maximum Gasteiger partial charge on any atom is 0.417 e. The second-order valence-corrected chi connectivity index (χ2v) is 13.3. The SMILES string of the molecule is COc1cc(-c2cccc(N(CC34CCC(c5nnc(C)s5)(CC3)CC4)C(=O)C3CC(O)(C(F)(F)F)C3)c2)ccn1. The lowest BCUT2D eigenvalue weighted by Crippen LogP contribution is -2.60. The smallest absolute Gasteiger partial charge is 0.417 e. The summed E-state index contributed by atoms with van der Waals surface area (Å²) >= 11 is 1.66. The zero-order valence-electron chi connectivity index (χ0n) is 23.1. The minimum absolute atomic E-state index is 0.0278. The number of aliphatic hydroxyl groups is 1. The van der Waals surface area contributed by atoms with Gasteiger partial charge in [-0.15, -0.1) is 21.5 Å². The summed E-state index contributed by atoms with van der Waals surface area (Å²) in [5, 5.41) is 20.9. The number of benzene rings is 1. The fourth-order valence-corrected chi connectivity index (χ4v) is 7.87. The Hall–Kier alpha value is -3.05. The normalized spacial score (nSPS) is 29.2. The molecule has 0 atom stereocenters. The molecule has 2 heterocycles. The number of carbonyl (C=O) groups excluding carboxylic acids is 1. The predicted molar refractivity (Wildman–Crippen MR) is 149 cm³/mol. The Morgan fingerprint density at radius 1 is 1.07 bits per heavy atom. The molecule has 0 radical (unpaired) electrons. The number of amides is 1. The van der Waals surface area contributed by atoms with Crippen LogP contribution in [0.3, 0.4) is 0 Å². The largest absolute Gasteiger partial charge is 0.481 e. The quantitative estimate of drug-likeness (QED) is 0.352. The summed E-state index contributed by atoms with van der Waals surface area (Å²) in [5.41, 5.74) is -0.565. The third-order valence-corrected chi connectivity index (χ3v) is 10.7. The van der Waals surface area contributed by atoms with Crippen molar-refractivity contribution in [2.45, 2.75) is 75.5 Å². The monoisotopic (exact) mass is 586 g/mol. The van der Waals surface area contributed by atoms with Crippen molar-refractivity contribution in [3.63, 3.8) is 0 Å². The highest BCUT2D eigenvalue weighted by atomic mass is 32.1. The molecule has 4 aliphatic carbocycles. The van der Waals surface area contributed by atoms with Gasteiger partial charge in [0.2, 0.25) is 11.8 Å². The highest BCUT2D eigenvalue weighted by molar-refractivity contribution is 7.11. The molecule has 3 aromatic rings. The molecule has 2 aromatic heterocycles. The number of hydrogen-bond acceptors (Lipinski definition) is 7. The Morgan fingerprint density at radius 3 is 2.37 bits per heavy atom. The average Bonchev–Trinajstić information content (AvgIpc) is 3.41. The first-order valence-electron chi connectivity index (χ1n) is 14.0. The van der Waals surface area contributed by atoms with Gasteiger partial charge in [0.25, 0.3) is 0 Å². The van der Waals surface area contributed by atoms with Crippen LogP contribution < -0.4 is 9.64 Å². The Morgan fingerprint density at radius 2 is 1.76 bits per heavy atom. The van der Waals surface area contributed by atoms with Gasteiger partial charge >= 0.3 is 6.18 Å². The van der Waals surface area contributed by atoms with Crippen molar-refractivity contribution >= 4 is 22.9 Å². The number of carbonyl (C=O) groups is 1. The van der Waals surface area contributed by atoms with Crippen molar-refractivity contribution in [2.75, 3.05) is 18.6 Å². The summed E-state index contributed by atoms with van der Waals surface area (Å²) in [6.45, 7) is 2.40. The molecule has 0 spiro atoms. The lowest BCUT2D eigenvalue weighted by Gasteiger charge is -2.54. The minimum Gasteiger partial charge on any atom is -0.481 e. The molecule has 4 saturated carbocycles. The van der Waals surface area contributed by atoms with Gasteiger partial charge < -0.3 is 14.7 Å². The number of pyridine rings is 1. The van der Waals surface area contributed by atoms with Crippen molar-refractivity contribution in [3.8, 4) is 17.0 Å². The third-order valence-electron chi connectivity index (χ3n) is 9.62. The van der Waals surface area contributed by atoms with Crippen LogP contribution in [0.1, 0.15) is 61.4 Å². The van der Waals surface area contributed by atoms with E-state index in [0.717, 1.165) is 59.7 Å². The minimum atomic E-state index is -4.76. The summed E-state index contributed by atoms with van der Waals surface area (Å²) in [4.78, 5) is 19.8. The number of anilines is 1. The molecular formula is C30H33F3N4O3S. The van der Waals surface area contributed by atoms with Gasteiger partial charge in [-0.05, 0) is 93.0 Å². The Kier molecular flexibility index (Phi) is 6.88. The molecule has 1 aromatic carbocycles. The number of ether oxygens (including phenoxy) is 1. The second-order valence-electron chi connectivity index (χ2n) is 12.1. The number of fused-ring (bicyclic) bond motifs is 3. The topological polar surface area (TPSA) is 88.4 Å². The molecule has 0 unspecified atom stereocenters. The number of methoxy groups -OCH3 is 1. The fourth-order valence-electron chi connectivity index (χ4n) is 6.90. The molecule has 0 aliphatic heterocycles. The van der Waals surface area contributed by atoms with Gasteiger partial charge in [-0.1, -0.05) is 12.1 Å². The van der Waals surface area contributed by atoms with E-state index in [1.54, 1.807) is 28.5 Å². The molecule has 1 N–H and O–H groups in total. The summed E-state index contributed by atoms with van der Waals surface area (Å²) in [6.07, 6.45) is 1.26. The van der Waals surface area contributed by atoms with Crippen LogP contribution in [0.4, 0.5) is 18.9 Å². The fraction of sp³-hybridized carbons (Fsp3) is 0.533. The van der Waals surface area contributed by atoms with Gasteiger partial charge in [0.05, 0.1) is 7.11 Å². The lowest BCUT2D eigenvalue weighted by atomic mass is 9.53. The predicted octanol–water partition coefficient (Wildman–Crippen LogP) is 6.25. The lowest BCUT2D eigenvalue weighted by molar-refractivity contribution is -0.295. The van der Waals surface area contributed by atoms with Gasteiger partial charge in [0, 0.05) is 35.8 Å². The first-order chi connectivity index (χ1) is 19.4. The Balaban J connectivity index is 1.29. The van der Waals surface area contributed by atoms with Gasteiger partial charge in [-0.3, -0.25) is 4.79 Å². The maximum atomic E-state index is 13.9. The van der Waals surface area contributed by atoms with Crippen molar-refractivity contribution in [1.82, 2.24) is 15.2 Å². The third kappa shape index (κ3) is 5.01. The van der Waals surface area contributed by atoms with E-state index in [1.165, 1.54) is 7.11 Å². The molecule has 0 saturated heterocycles. The van der Waals surface area contributed by atoms with Crippen LogP contribution in [0, 0.1) is 18.3 Å². The molecule has 41 heavy (non-hydrogen) atoms. The molecule has 4 fully saturated rings. The second kappa shape index (κ2) is 10.0. The molecule has 2 bridgehead atoms. The van der Waals surface area contributed by atoms with E-state index in [0.29, 0.717) is 18.1 Å². The standard InChI is InChI=1S/C30H33F3N4O3S/c1-19-35-36-26(41-19)28-10-7-27(8-11-28,9-12-28)18-37(25(38)22-16-29(39,17-22)30(31,32)33)23-5-3-4-20(14-23)21-6-13-34-24(15-21)40-2/h3-6,13-15,22,39H,7-12,16-18H2,1-2H3. The zero-order valence-corrected chi connectivity index (χ0v) is 23.9. The first kappa shape index (κ1) is 28.1. The van der Waals surface area contributed by atoms with Crippen molar-refractivity contribution in [3.05, 3.63) is 52.6 Å². The molecule has 7 rings (SSSR count). The molecule has 218 valence electrons. The van der Waals surface area contributed by atoms with Gasteiger partial charge in [0.1, 0.15) is 10.0 Å². The van der Waals surface area contributed by atoms with E-state index in [2.05, 4.69) is 15.2 Å². The Bertz CT molecular complexity index is 1430. The molecular weight excluding hydrogens is 553 g/mol. The van der Waals surface area contributed by atoms with E-state index in [4.69, 9.17) is 4.74 Å². The molecule has 1 amide bonds. The van der Waals surface area contributed by atoms with Crippen LogP contribution in [0.15, 0.2) is 42.6 Å². The number of rotatable bonds is 7. The summed E-state index contributed by atoms with van der Waals surface area (Å²) in [5.74, 6) is -0.794. The van der Waals surface area contributed by atoms with Crippen LogP contribution in [-0.4, -0.2) is 51.6 Å². The van der Waals surface area contributed by atoms with E-state index in [-0.39, 0.29) is 16.7 Å². The summed E-state index contributed by atoms with van der Waals surface area (Å²) < 4.78 is 45.5. The van der Waals surface area contributed by atoms with Crippen LogP contribution >= 0.6 is 11.3 Å². The van der Waals surface area contributed by atoms with Crippen molar-refractivity contribution in [2.24, 2.45) is 11.3 Å². The first-order valence-corrected chi connectivity index (χ1v) is 14.8. The Labute approximate surface area is 240 Å². The van der Waals surface area contributed by atoms with Crippen molar-refractivity contribution in [1.29, 1.82) is 0 Å². The average molecular weight is 587 g/mol. The molecule has 11 heteroatoms. The molecule has 7 nitrogen and oxygen atoms in total. The maximum absolute atomic E-state index is 13.9. The zero-order chi connectivity index (χ0) is 29.0. The van der Waals surface area contributed by atoms with E-state index < -0.39 is 30.5 Å². The number of aromatic nitrogens is 3. The van der Waals surface area contributed by atoms with E-state index >= 15 is 0 Å². The van der Waals surface area contributed by atoms with Crippen LogP contribution in [0.2, 0.25) is 0 Å². The highest BCUT2D eigenvalue weighted by Crippen LogP contribution is 2.59. The van der Waals surface area contributed by atoms with Gasteiger partial charge in [-0.25, -0.2) is 4.98 Å². The number of alkyl halides is 3. The van der Waals surface area contributed by atoms with E-state index in [9.17, 15) is 23.1 Å². The summed E-state index contributed by atoms with van der Waals surface area (Å²) in [7, 11) is 1.54. The van der Waals surface area contributed by atoms with Crippen molar-refractivity contribution < 1.29 is 27.8 Å². The number of nitrogens with zero attached hydrogens (tertiary/aromatic N) is 4. The van der Waals surface area contributed by atoms with E-state index in [1.807, 2.05) is 37.3 Å². The van der Waals surface area contributed by atoms with Gasteiger partial charge in [0.15, 0.2) is 5.60 Å². The number of halogens is 3. The number of aryl methyl sites for hydroxylation is 1. The van der Waals surface area contributed by atoms with Gasteiger partial charge in [-0.2, -0.15) is 13.2 Å². The summed E-state index contributed by atoms with van der Waals surface area (Å²) in [6, 6.07) is 11.2. The number of hydrogen-bond donors (Lipinski definition) is 1. The van der Waals surface area contributed by atoms with Crippen LogP contribution in [-0.2, 0) is 10.2 Å². The van der Waals surface area contributed by atoms with Crippen LogP contribution in [0.25, 0.3) is 11.1 Å². The highest BCUT2D eigenvalue weighted by Gasteiger charge is 2.63. The molecule has 4 aliphatic rings.